The summed E-state index contributed by atoms with van der Waals surface area (Å²) in [6.45, 7) is 2.67. The molecule has 4 rings (SSSR count). The van der Waals surface area contributed by atoms with E-state index in [0.29, 0.717) is 22.4 Å². The molecule has 0 aliphatic heterocycles. The normalized spacial score (nSPS) is 11.5. The molecule has 0 aromatic heterocycles. The number of aliphatic carboxylic acids is 1. The maximum Gasteiger partial charge on any atom is 0.326 e. The van der Waals surface area contributed by atoms with E-state index in [4.69, 9.17) is 9.47 Å². The summed E-state index contributed by atoms with van der Waals surface area (Å²) in [6, 6.07) is 29.1. The number of hydrogen-bond donors (Lipinski definition) is 2. The summed E-state index contributed by atoms with van der Waals surface area (Å²) < 4.78 is 12.7. The van der Waals surface area contributed by atoms with Gasteiger partial charge in [0.1, 0.15) is 23.3 Å². The summed E-state index contributed by atoms with van der Waals surface area (Å²) >= 11 is 3.41. The fourth-order valence-corrected chi connectivity index (χ4v) is 4.96. The number of carbonyl (C=O) groups excluding carboxylic acids is 1. The van der Waals surface area contributed by atoms with Crippen molar-refractivity contribution in [1.29, 1.82) is 0 Å². The van der Waals surface area contributed by atoms with E-state index < -0.39 is 17.9 Å². The van der Waals surface area contributed by atoms with Crippen LogP contribution in [-0.4, -0.2) is 29.6 Å². The molecule has 4 aromatic rings. The van der Waals surface area contributed by atoms with Crippen LogP contribution < -0.4 is 14.8 Å². The molecule has 218 valence electrons. The van der Waals surface area contributed by atoms with E-state index in [-0.39, 0.29) is 6.42 Å². The summed E-state index contributed by atoms with van der Waals surface area (Å²) in [7, 11) is 0. The highest BCUT2D eigenvalue weighted by Crippen LogP contribution is 2.33. The van der Waals surface area contributed by atoms with Crippen LogP contribution in [-0.2, 0) is 11.2 Å². The summed E-state index contributed by atoms with van der Waals surface area (Å²) in [5.74, 6) is 0.305. The van der Waals surface area contributed by atoms with E-state index >= 15 is 0 Å². The summed E-state index contributed by atoms with van der Waals surface area (Å²) in [6.07, 6.45) is 5.62. The van der Waals surface area contributed by atoms with Gasteiger partial charge in [-0.15, -0.1) is 0 Å². The highest BCUT2D eigenvalue weighted by atomic mass is 79.9. The zero-order valence-electron chi connectivity index (χ0n) is 23.7. The topological polar surface area (TPSA) is 84.9 Å². The predicted octanol–water partition coefficient (Wildman–Crippen LogP) is 8.68. The number of unbranched alkanes of at least 4 members (excludes halogenated alkanes) is 4. The molecule has 0 aliphatic carbocycles. The third-order valence-corrected chi connectivity index (χ3v) is 7.35. The molecule has 1 amide bonds. The molecule has 0 aliphatic rings. The number of carboxylic acid groups (broad SMARTS) is 1. The van der Waals surface area contributed by atoms with Crippen molar-refractivity contribution in [2.24, 2.45) is 0 Å². The lowest BCUT2D eigenvalue weighted by atomic mass is 9.99. The number of benzene rings is 4. The molecule has 0 radical (unpaired) electrons. The second-order valence-electron chi connectivity index (χ2n) is 10.1. The van der Waals surface area contributed by atoms with Gasteiger partial charge in [-0.1, -0.05) is 109 Å². The van der Waals surface area contributed by atoms with Gasteiger partial charge in [-0.2, -0.15) is 0 Å². The van der Waals surface area contributed by atoms with Gasteiger partial charge in [-0.3, -0.25) is 4.79 Å². The average molecular weight is 631 g/mol. The molecule has 0 heterocycles. The first-order valence-electron chi connectivity index (χ1n) is 14.3. The molecule has 2 N–H and O–H groups in total. The molecular weight excluding hydrogens is 594 g/mol. The Morgan fingerprint density at radius 1 is 0.833 bits per heavy atom. The number of carboxylic acids is 1. The average Bonchev–Trinajstić information content (AvgIpc) is 3.00. The smallest absolute Gasteiger partial charge is 0.326 e. The van der Waals surface area contributed by atoms with Crippen molar-refractivity contribution < 1.29 is 24.2 Å². The number of nitrogens with one attached hydrogen (secondary N) is 1. The number of ether oxygens (including phenoxy) is 2. The van der Waals surface area contributed by atoms with Gasteiger partial charge in [0.25, 0.3) is 5.91 Å². The van der Waals surface area contributed by atoms with E-state index in [1.807, 2.05) is 84.9 Å². The van der Waals surface area contributed by atoms with Gasteiger partial charge in [-0.25, -0.2) is 4.79 Å². The first-order valence-corrected chi connectivity index (χ1v) is 15.1. The van der Waals surface area contributed by atoms with Crippen LogP contribution >= 0.6 is 15.9 Å². The largest absolute Gasteiger partial charge is 0.493 e. The third-order valence-electron chi connectivity index (χ3n) is 6.86. The van der Waals surface area contributed by atoms with Crippen LogP contribution in [0.5, 0.6) is 17.2 Å². The number of amides is 1. The van der Waals surface area contributed by atoms with Gasteiger partial charge in [0.15, 0.2) is 0 Å². The highest BCUT2D eigenvalue weighted by molar-refractivity contribution is 9.10. The SMILES string of the molecule is CCCCCCCOc1ccc(Br)cc1C(=O)N[C@@H](Cc1ccc(-c2ccccc2Oc2ccccc2)cc1)C(=O)O. The summed E-state index contributed by atoms with van der Waals surface area (Å²) in [5, 5.41) is 12.6. The number of rotatable bonds is 15. The molecule has 42 heavy (non-hydrogen) atoms. The molecule has 0 spiro atoms. The Balaban J connectivity index is 1.43. The van der Waals surface area contributed by atoms with Gasteiger partial charge in [0.05, 0.1) is 12.2 Å². The second-order valence-corrected chi connectivity index (χ2v) is 11.0. The first kappa shape index (κ1) is 30.8. The predicted molar refractivity (Wildman–Crippen MR) is 169 cm³/mol. The Morgan fingerprint density at radius 2 is 1.55 bits per heavy atom. The van der Waals surface area contributed by atoms with Crippen LogP contribution in [0.1, 0.15) is 54.9 Å². The van der Waals surface area contributed by atoms with Gasteiger partial charge in [-0.05, 0) is 53.9 Å². The van der Waals surface area contributed by atoms with E-state index in [1.165, 1.54) is 12.8 Å². The van der Waals surface area contributed by atoms with Crippen molar-refractivity contribution in [3.05, 3.63) is 113 Å². The number of carbonyl (C=O) groups is 2. The van der Waals surface area contributed by atoms with Crippen LogP contribution in [0.3, 0.4) is 0 Å². The lowest BCUT2D eigenvalue weighted by Gasteiger charge is -2.17. The zero-order valence-corrected chi connectivity index (χ0v) is 25.3. The minimum absolute atomic E-state index is 0.130. The first-order chi connectivity index (χ1) is 20.4. The molecule has 6 nitrogen and oxygen atoms in total. The van der Waals surface area contributed by atoms with Crippen molar-refractivity contribution >= 4 is 27.8 Å². The summed E-state index contributed by atoms with van der Waals surface area (Å²) in [4.78, 5) is 25.4. The maximum atomic E-state index is 13.2. The quantitative estimate of drug-likeness (QED) is 0.128. The fraction of sp³-hybridized carbons (Fsp3) is 0.257. The van der Waals surface area contributed by atoms with Gasteiger partial charge >= 0.3 is 5.97 Å². The molecular formula is C35H36BrNO5. The number of halogens is 1. The van der Waals surface area contributed by atoms with Gasteiger partial charge < -0.3 is 19.9 Å². The molecule has 7 heteroatoms. The number of hydrogen-bond acceptors (Lipinski definition) is 4. The van der Waals surface area contributed by atoms with Crippen molar-refractivity contribution in [3.63, 3.8) is 0 Å². The van der Waals surface area contributed by atoms with Crippen LogP contribution in [0.2, 0.25) is 0 Å². The fourth-order valence-electron chi connectivity index (χ4n) is 4.60. The van der Waals surface area contributed by atoms with Crippen LogP contribution in [0, 0.1) is 0 Å². The maximum absolute atomic E-state index is 13.2. The molecule has 0 saturated carbocycles. The minimum Gasteiger partial charge on any atom is -0.493 e. The molecule has 0 unspecified atom stereocenters. The Morgan fingerprint density at radius 3 is 2.29 bits per heavy atom. The van der Waals surface area contributed by atoms with Gasteiger partial charge in [0.2, 0.25) is 0 Å². The van der Waals surface area contributed by atoms with Crippen molar-refractivity contribution in [2.75, 3.05) is 6.61 Å². The van der Waals surface area contributed by atoms with Gasteiger partial charge in [0, 0.05) is 16.5 Å². The monoisotopic (exact) mass is 629 g/mol. The lowest BCUT2D eigenvalue weighted by molar-refractivity contribution is -0.139. The van der Waals surface area contributed by atoms with E-state index in [1.54, 1.807) is 12.1 Å². The van der Waals surface area contributed by atoms with Crippen LogP contribution in [0.25, 0.3) is 11.1 Å². The molecule has 0 bridgehead atoms. The number of para-hydroxylation sites is 2. The summed E-state index contributed by atoms with van der Waals surface area (Å²) in [5.41, 5.74) is 2.94. The molecule has 0 saturated heterocycles. The van der Waals surface area contributed by atoms with Crippen molar-refractivity contribution in [1.82, 2.24) is 5.32 Å². The van der Waals surface area contributed by atoms with E-state index in [2.05, 4.69) is 28.2 Å². The molecule has 0 fully saturated rings. The Bertz CT molecular complexity index is 1460. The molecule has 1 atom stereocenters. The Kier molecular flexibility index (Phi) is 11.6. The molecule has 4 aromatic carbocycles. The lowest BCUT2D eigenvalue weighted by Crippen LogP contribution is -2.42. The van der Waals surface area contributed by atoms with E-state index in [0.717, 1.165) is 47.5 Å². The van der Waals surface area contributed by atoms with Crippen LogP contribution in [0.4, 0.5) is 0 Å². The minimum atomic E-state index is -1.11. The Labute approximate surface area is 255 Å². The van der Waals surface area contributed by atoms with E-state index in [9.17, 15) is 14.7 Å². The highest BCUT2D eigenvalue weighted by Gasteiger charge is 2.23. The van der Waals surface area contributed by atoms with Crippen LogP contribution in [0.15, 0.2) is 102 Å². The van der Waals surface area contributed by atoms with Crippen molar-refractivity contribution in [2.45, 2.75) is 51.5 Å². The Hall–Kier alpha value is -4.10. The third kappa shape index (κ3) is 8.95. The standard InChI is InChI=1S/C35H36BrNO5/c1-2-3-4-5-11-22-41-32-21-20-27(36)24-30(32)34(38)37-31(35(39)40)23-25-16-18-26(19-17-25)29-14-9-10-15-33(29)42-28-12-7-6-8-13-28/h6-10,12-21,24,31H,2-5,11,22-23H2,1H3,(H,37,38)(H,39,40)/t31-/m0/s1. The van der Waals surface area contributed by atoms with Crippen molar-refractivity contribution in [3.8, 4) is 28.4 Å². The zero-order chi connectivity index (χ0) is 29.7. The second kappa shape index (κ2) is 15.8.